The van der Waals surface area contributed by atoms with E-state index in [9.17, 15) is 9.59 Å². The minimum Gasteiger partial charge on any atom is -0.438 e. The maximum absolute atomic E-state index is 12.5. The van der Waals surface area contributed by atoms with E-state index in [0.717, 1.165) is 70.7 Å². The molecule has 1 saturated heterocycles. The van der Waals surface area contributed by atoms with E-state index in [4.69, 9.17) is 4.74 Å². The fourth-order valence-electron chi connectivity index (χ4n) is 4.16. The standard InChI is InChI=1S/C27H48N2O3/c1-3-5-7-9-10-11-12-13-15-17-19-25(18-16-14-8-6-4-2)26(24-30)32-27(31)29-22-20-28-21-23-29/h5,7,10-11,24-26,28H,3-4,6,8-9,12-23H2,1-2H3/b7-5+,11-10+. The lowest BCUT2D eigenvalue weighted by atomic mass is 9.90. The first-order chi connectivity index (χ1) is 15.7. The highest BCUT2D eigenvalue weighted by molar-refractivity contribution is 5.71. The first-order valence-electron chi connectivity index (χ1n) is 13.1. The van der Waals surface area contributed by atoms with Crippen molar-refractivity contribution in [2.24, 2.45) is 5.92 Å². The molecule has 1 amide bonds. The Morgan fingerprint density at radius 1 is 0.906 bits per heavy atom. The zero-order valence-electron chi connectivity index (χ0n) is 20.7. The Labute approximate surface area is 197 Å². The van der Waals surface area contributed by atoms with Crippen molar-refractivity contribution >= 4 is 12.4 Å². The number of piperazine rings is 1. The van der Waals surface area contributed by atoms with Crippen LogP contribution in [0.25, 0.3) is 0 Å². The summed E-state index contributed by atoms with van der Waals surface area (Å²) >= 11 is 0. The molecule has 1 aliphatic rings. The normalized spacial score (nSPS) is 16.5. The van der Waals surface area contributed by atoms with E-state index < -0.39 is 6.10 Å². The Morgan fingerprint density at radius 3 is 2.22 bits per heavy atom. The summed E-state index contributed by atoms with van der Waals surface area (Å²) in [5.74, 6) is 0.135. The Bertz CT molecular complexity index is 527. The van der Waals surface area contributed by atoms with Gasteiger partial charge < -0.3 is 15.0 Å². The van der Waals surface area contributed by atoms with Crippen LogP contribution < -0.4 is 5.32 Å². The maximum Gasteiger partial charge on any atom is 0.410 e. The second kappa shape index (κ2) is 20.0. The molecule has 32 heavy (non-hydrogen) atoms. The van der Waals surface area contributed by atoms with Gasteiger partial charge in [-0.15, -0.1) is 0 Å². The smallest absolute Gasteiger partial charge is 0.410 e. The monoisotopic (exact) mass is 448 g/mol. The van der Waals surface area contributed by atoms with Gasteiger partial charge in [0.1, 0.15) is 0 Å². The molecule has 5 nitrogen and oxygen atoms in total. The van der Waals surface area contributed by atoms with Gasteiger partial charge in [0.05, 0.1) is 0 Å². The fourth-order valence-corrected chi connectivity index (χ4v) is 4.16. The van der Waals surface area contributed by atoms with Gasteiger partial charge in [0, 0.05) is 32.1 Å². The van der Waals surface area contributed by atoms with Crippen molar-refractivity contribution in [3.8, 4) is 0 Å². The molecule has 2 unspecified atom stereocenters. The number of unbranched alkanes of at least 4 members (excludes halogenated alkanes) is 7. The van der Waals surface area contributed by atoms with Gasteiger partial charge in [-0.25, -0.2) is 4.79 Å². The number of aldehydes is 1. The molecular formula is C27H48N2O3. The van der Waals surface area contributed by atoms with Crippen LogP contribution >= 0.6 is 0 Å². The number of nitrogens with zero attached hydrogens (tertiary/aromatic N) is 1. The number of hydrogen-bond acceptors (Lipinski definition) is 4. The molecule has 1 N–H and O–H groups in total. The molecule has 5 heteroatoms. The van der Waals surface area contributed by atoms with Crippen molar-refractivity contribution in [1.82, 2.24) is 10.2 Å². The second-order valence-corrected chi connectivity index (χ2v) is 8.91. The Balaban J connectivity index is 2.44. The van der Waals surface area contributed by atoms with Crippen molar-refractivity contribution in [2.75, 3.05) is 26.2 Å². The molecule has 0 aromatic rings. The van der Waals surface area contributed by atoms with Crippen molar-refractivity contribution < 1.29 is 14.3 Å². The summed E-state index contributed by atoms with van der Waals surface area (Å²) in [6, 6.07) is 0. The predicted octanol–water partition coefficient (Wildman–Crippen LogP) is 6.44. The number of hydrogen-bond donors (Lipinski definition) is 1. The molecule has 1 fully saturated rings. The van der Waals surface area contributed by atoms with E-state index >= 15 is 0 Å². The Hall–Kier alpha value is -1.62. The van der Waals surface area contributed by atoms with Crippen molar-refractivity contribution in [2.45, 2.75) is 103 Å². The number of carbonyl (C=O) groups is 2. The quantitative estimate of drug-likeness (QED) is 0.149. The van der Waals surface area contributed by atoms with Crippen LogP contribution in [-0.4, -0.2) is 49.6 Å². The van der Waals surface area contributed by atoms with Gasteiger partial charge >= 0.3 is 6.09 Å². The van der Waals surface area contributed by atoms with Gasteiger partial charge in [-0.05, 0) is 38.5 Å². The molecular weight excluding hydrogens is 400 g/mol. The highest BCUT2D eigenvalue weighted by Crippen LogP contribution is 2.24. The lowest BCUT2D eigenvalue weighted by Crippen LogP contribution is -2.48. The van der Waals surface area contributed by atoms with Crippen LogP contribution in [0, 0.1) is 5.92 Å². The van der Waals surface area contributed by atoms with Crippen molar-refractivity contribution in [1.29, 1.82) is 0 Å². The van der Waals surface area contributed by atoms with Crippen LogP contribution in [0.3, 0.4) is 0 Å². The highest BCUT2D eigenvalue weighted by Gasteiger charge is 2.27. The lowest BCUT2D eigenvalue weighted by Gasteiger charge is -2.30. The third kappa shape index (κ3) is 13.7. The summed E-state index contributed by atoms with van der Waals surface area (Å²) < 4.78 is 5.70. The van der Waals surface area contributed by atoms with E-state index in [2.05, 4.69) is 43.5 Å². The van der Waals surface area contributed by atoms with Crippen LogP contribution in [0.5, 0.6) is 0 Å². The summed E-state index contributed by atoms with van der Waals surface area (Å²) in [5.41, 5.74) is 0. The molecule has 0 aliphatic carbocycles. The number of allylic oxidation sites excluding steroid dienone is 4. The Kier molecular flexibility index (Phi) is 17.8. The average molecular weight is 449 g/mol. The predicted molar refractivity (Wildman–Crippen MR) is 134 cm³/mol. The summed E-state index contributed by atoms with van der Waals surface area (Å²) in [4.78, 5) is 26.1. The molecule has 2 atom stereocenters. The average Bonchev–Trinajstić information content (AvgIpc) is 2.82. The van der Waals surface area contributed by atoms with E-state index in [1.54, 1.807) is 4.90 Å². The minimum absolute atomic E-state index is 0.135. The molecule has 0 saturated carbocycles. The third-order valence-corrected chi connectivity index (χ3v) is 6.18. The van der Waals surface area contributed by atoms with Crippen LogP contribution in [0.1, 0.15) is 97.3 Å². The number of carbonyl (C=O) groups excluding carboxylic acids is 2. The third-order valence-electron chi connectivity index (χ3n) is 6.18. The zero-order chi connectivity index (χ0) is 23.3. The minimum atomic E-state index is -0.617. The maximum atomic E-state index is 12.5. The molecule has 0 aromatic heterocycles. The van der Waals surface area contributed by atoms with Gasteiger partial charge in [-0.1, -0.05) is 83.1 Å². The molecule has 0 spiro atoms. The summed E-state index contributed by atoms with van der Waals surface area (Å²) in [6.07, 6.45) is 23.4. The second-order valence-electron chi connectivity index (χ2n) is 8.91. The number of amides is 1. The first-order valence-corrected chi connectivity index (χ1v) is 13.1. The summed E-state index contributed by atoms with van der Waals surface area (Å²) in [5, 5.41) is 3.24. The Morgan fingerprint density at radius 2 is 1.56 bits per heavy atom. The number of nitrogens with one attached hydrogen (secondary N) is 1. The summed E-state index contributed by atoms with van der Waals surface area (Å²) in [6.45, 7) is 7.23. The molecule has 1 heterocycles. The van der Waals surface area contributed by atoms with Gasteiger partial charge in [-0.3, -0.25) is 4.79 Å². The van der Waals surface area contributed by atoms with Crippen molar-refractivity contribution in [3.63, 3.8) is 0 Å². The van der Waals surface area contributed by atoms with Crippen LogP contribution in [0.4, 0.5) is 4.79 Å². The number of rotatable bonds is 18. The molecule has 1 rings (SSSR count). The van der Waals surface area contributed by atoms with E-state index in [1.807, 2.05) is 0 Å². The molecule has 0 radical (unpaired) electrons. The number of ether oxygens (including phenoxy) is 1. The van der Waals surface area contributed by atoms with Gasteiger partial charge in [-0.2, -0.15) is 0 Å². The summed E-state index contributed by atoms with van der Waals surface area (Å²) in [7, 11) is 0. The van der Waals surface area contributed by atoms with Gasteiger partial charge in [0.2, 0.25) is 0 Å². The van der Waals surface area contributed by atoms with E-state index in [1.165, 1.54) is 32.1 Å². The van der Waals surface area contributed by atoms with Crippen LogP contribution in [-0.2, 0) is 9.53 Å². The topological polar surface area (TPSA) is 58.6 Å². The highest BCUT2D eigenvalue weighted by atomic mass is 16.6. The SMILES string of the molecule is CC/C=C/C/C=C/CCCCCC(CCCCCCC)C(C=O)OC(=O)N1CCNCC1. The molecule has 0 aromatic carbocycles. The fraction of sp³-hybridized carbons (Fsp3) is 0.778. The zero-order valence-corrected chi connectivity index (χ0v) is 20.7. The first kappa shape index (κ1) is 28.4. The molecule has 0 bridgehead atoms. The molecule has 184 valence electrons. The van der Waals surface area contributed by atoms with Gasteiger partial charge in [0.15, 0.2) is 12.4 Å². The lowest BCUT2D eigenvalue weighted by molar-refractivity contribution is -0.118. The largest absolute Gasteiger partial charge is 0.438 e. The van der Waals surface area contributed by atoms with E-state index in [-0.39, 0.29) is 12.0 Å². The van der Waals surface area contributed by atoms with Crippen molar-refractivity contribution in [3.05, 3.63) is 24.3 Å². The molecule has 1 aliphatic heterocycles. The van der Waals surface area contributed by atoms with Crippen LogP contribution in [0.15, 0.2) is 24.3 Å². The van der Waals surface area contributed by atoms with E-state index in [0.29, 0.717) is 13.1 Å². The van der Waals surface area contributed by atoms with Crippen LogP contribution in [0.2, 0.25) is 0 Å². The van der Waals surface area contributed by atoms with Gasteiger partial charge in [0.25, 0.3) is 0 Å².